The molecule has 1 aromatic carbocycles. The predicted molar refractivity (Wildman–Crippen MR) is 67.8 cm³/mol. The number of carbonyl (C=O) groups excluding carboxylic acids is 1. The average Bonchev–Trinajstić information content (AvgIpc) is 2.68. The van der Waals surface area contributed by atoms with Gasteiger partial charge in [-0.3, -0.25) is 4.79 Å². The molecule has 0 N–H and O–H groups in total. The summed E-state index contributed by atoms with van der Waals surface area (Å²) in [5.41, 5.74) is 3.24. The van der Waals surface area contributed by atoms with Crippen LogP contribution in [0.25, 0.3) is 16.5 Å². The zero-order valence-electron chi connectivity index (χ0n) is 9.82. The van der Waals surface area contributed by atoms with Gasteiger partial charge in [0.05, 0.1) is 0 Å². The lowest BCUT2D eigenvalue weighted by Crippen LogP contribution is -2.00. The van der Waals surface area contributed by atoms with Gasteiger partial charge in [-0.2, -0.15) is 0 Å². The van der Waals surface area contributed by atoms with Crippen LogP contribution in [-0.4, -0.2) is 5.78 Å². The van der Waals surface area contributed by atoms with Crippen LogP contribution in [0.3, 0.4) is 0 Å². The van der Waals surface area contributed by atoms with Crippen LogP contribution >= 0.6 is 0 Å². The van der Waals surface area contributed by atoms with E-state index < -0.39 is 0 Å². The summed E-state index contributed by atoms with van der Waals surface area (Å²) in [6.07, 6.45) is 4.78. The molecule has 2 nitrogen and oxygen atoms in total. The van der Waals surface area contributed by atoms with E-state index in [1.165, 1.54) is 10.9 Å². The minimum absolute atomic E-state index is 0.0910. The van der Waals surface area contributed by atoms with Crippen molar-refractivity contribution in [3.63, 3.8) is 0 Å². The molecule has 0 bridgehead atoms. The summed E-state index contributed by atoms with van der Waals surface area (Å²) < 4.78 is 5.88. The molecule has 2 aromatic rings. The lowest BCUT2D eigenvalue weighted by molar-refractivity contribution is -0.112. The van der Waals surface area contributed by atoms with Gasteiger partial charge in [0.1, 0.15) is 11.3 Å². The predicted octanol–water partition coefficient (Wildman–Crippen LogP) is 3.74. The van der Waals surface area contributed by atoms with Crippen LogP contribution in [0, 0.1) is 0 Å². The Bertz CT molecular complexity index is 617. The van der Waals surface area contributed by atoms with Gasteiger partial charge in [-0.1, -0.05) is 18.2 Å². The van der Waals surface area contributed by atoms with Crippen LogP contribution in [-0.2, 0) is 11.2 Å². The molecule has 0 fully saturated rings. The molecule has 2 heteroatoms. The van der Waals surface area contributed by atoms with Crippen molar-refractivity contribution in [3.8, 4) is 0 Å². The minimum Gasteiger partial charge on any atom is -0.456 e. The maximum Gasteiger partial charge on any atom is 0.153 e. The van der Waals surface area contributed by atoms with Gasteiger partial charge in [-0.05, 0) is 43.9 Å². The van der Waals surface area contributed by atoms with E-state index in [4.69, 9.17) is 4.42 Å². The lowest BCUT2D eigenvalue weighted by Gasteiger charge is -2.12. The Kier molecular flexibility index (Phi) is 2.36. The summed E-state index contributed by atoms with van der Waals surface area (Å²) in [5, 5.41) is 1.19. The third-order valence-electron chi connectivity index (χ3n) is 3.24. The van der Waals surface area contributed by atoms with Gasteiger partial charge in [-0.25, -0.2) is 0 Å². The zero-order chi connectivity index (χ0) is 11.8. The molecule has 0 saturated carbocycles. The molecule has 1 aliphatic carbocycles. The molecule has 86 valence electrons. The second kappa shape index (κ2) is 3.88. The zero-order valence-corrected chi connectivity index (χ0v) is 9.82. The molecular weight excluding hydrogens is 212 g/mol. The fourth-order valence-electron chi connectivity index (χ4n) is 2.56. The number of furan rings is 1. The third kappa shape index (κ3) is 1.70. The second-order valence-corrected chi connectivity index (χ2v) is 4.54. The standard InChI is InChI=1S/C15H14O2/c1-10(16)9-11-5-4-7-13-12-6-2-3-8-14(12)17-15(11)13/h2-3,6,8-9H,4-5,7H2,1H3/b11-9+. The SMILES string of the molecule is CC(=O)/C=C1\CCCc2c1oc1ccccc21. The fourth-order valence-corrected chi connectivity index (χ4v) is 2.56. The normalized spacial score (nSPS) is 17.4. The highest BCUT2D eigenvalue weighted by Crippen LogP contribution is 2.37. The monoisotopic (exact) mass is 226 g/mol. The van der Waals surface area contributed by atoms with Gasteiger partial charge in [0.15, 0.2) is 5.78 Å². The van der Waals surface area contributed by atoms with Crippen molar-refractivity contribution < 1.29 is 9.21 Å². The van der Waals surface area contributed by atoms with Gasteiger partial charge in [0.25, 0.3) is 0 Å². The number of para-hydroxylation sites is 1. The smallest absolute Gasteiger partial charge is 0.153 e. The fraction of sp³-hybridized carbons (Fsp3) is 0.267. The number of hydrogen-bond donors (Lipinski definition) is 0. The largest absolute Gasteiger partial charge is 0.456 e. The van der Waals surface area contributed by atoms with Crippen molar-refractivity contribution in [2.75, 3.05) is 0 Å². The van der Waals surface area contributed by atoms with Crippen LogP contribution in [0.5, 0.6) is 0 Å². The van der Waals surface area contributed by atoms with Crippen LogP contribution < -0.4 is 0 Å². The molecule has 0 saturated heterocycles. The number of carbonyl (C=O) groups is 1. The maximum absolute atomic E-state index is 11.2. The van der Waals surface area contributed by atoms with Gasteiger partial charge < -0.3 is 4.42 Å². The number of ketones is 1. The quantitative estimate of drug-likeness (QED) is 0.693. The van der Waals surface area contributed by atoms with Crippen molar-refractivity contribution in [1.29, 1.82) is 0 Å². The second-order valence-electron chi connectivity index (χ2n) is 4.54. The molecule has 1 aliphatic rings. The number of aryl methyl sites for hydroxylation is 1. The van der Waals surface area contributed by atoms with E-state index in [9.17, 15) is 4.79 Å². The van der Waals surface area contributed by atoms with Crippen molar-refractivity contribution >= 4 is 22.3 Å². The van der Waals surface area contributed by atoms with Gasteiger partial charge >= 0.3 is 0 Å². The Morgan fingerprint density at radius 1 is 1.29 bits per heavy atom. The highest BCUT2D eigenvalue weighted by atomic mass is 16.3. The summed E-state index contributed by atoms with van der Waals surface area (Å²) in [7, 11) is 0. The summed E-state index contributed by atoms with van der Waals surface area (Å²) in [5.74, 6) is 1.01. The number of hydrogen-bond acceptors (Lipinski definition) is 2. The van der Waals surface area contributed by atoms with Crippen molar-refractivity contribution in [1.82, 2.24) is 0 Å². The van der Waals surface area contributed by atoms with E-state index in [-0.39, 0.29) is 5.78 Å². The molecule has 1 heterocycles. The van der Waals surface area contributed by atoms with E-state index in [2.05, 4.69) is 6.07 Å². The molecule has 0 spiro atoms. The van der Waals surface area contributed by atoms with E-state index in [0.29, 0.717) is 0 Å². The average molecular weight is 226 g/mol. The lowest BCUT2D eigenvalue weighted by atomic mass is 9.91. The Hall–Kier alpha value is -1.83. The Balaban J connectivity index is 2.24. The molecule has 0 unspecified atom stereocenters. The number of rotatable bonds is 1. The van der Waals surface area contributed by atoms with E-state index in [0.717, 1.165) is 36.2 Å². The molecular formula is C15H14O2. The molecule has 3 rings (SSSR count). The first-order valence-electron chi connectivity index (χ1n) is 5.97. The van der Waals surface area contributed by atoms with Crippen LogP contribution in [0.15, 0.2) is 34.8 Å². The first-order chi connectivity index (χ1) is 8.25. The summed E-state index contributed by atoms with van der Waals surface area (Å²) in [6, 6.07) is 8.08. The van der Waals surface area contributed by atoms with E-state index in [1.54, 1.807) is 13.0 Å². The molecule has 0 atom stereocenters. The van der Waals surface area contributed by atoms with Crippen LogP contribution in [0.1, 0.15) is 31.1 Å². The van der Waals surface area contributed by atoms with E-state index in [1.807, 2.05) is 18.2 Å². The molecule has 17 heavy (non-hydrogen) atoms. The summed E-state index contributed by atoms with van der Waals surface area (Å²) in [6.45, 7) is 1.59. The third-order valence-corrected chi connectivity index (χ3v) is 3.24. The topological polar surface area (TPSA) is 30.2 Å². The Morgan fingerprint density at radius 2 is 2.12 bits per heavy atom. The van der Waals surface area contributed by atoms with Crippen LogP contribution in [0.2, 0.25) is 0 Å². The maximum atomic E-state index is 11.2. The number of benzene rings is 1. The first-order valence-corrected chi connectivity index (χ1v) is 5.97. The van der Waals surface area contributed by atoms with Crippen LogP contribution in [0.4, 0.5) is 0 Å². The highest BCUT2D eigenvalue weighted by Gasteiger charge is 2.21. The van der Waals surface area contributed by atoms with Gasteiger partial charge in [0.2, 0.25) is 0 Å². The Morgan fingerprint density at radius 3 is 2.94 bits per heavy atom. The van der Waals surface area contributed by atoms with Gasteiger partial charge in [0, 0.05) is 10.9 Å². The molecule has 0 amide bonds. The highest BCUT2D eigenvalue weighted by molar-refractivity contribution is 5.97. The van der Waals surface area contributed by atoms with Crippen molar-refractivity contribution in [2.45, 2.75) is 26.2 Å². The van der Waals surface area contributed by atoms with E-state index >= 15 is 0 Å². The number of allylic oxidation sites excluding steroid dienone is 2. The summed E-state index contributed by atoms with van der Waals surface area (Å²) >= 11 is 0. The molecule has 0 radical (unpaired) electrons. The minimum atomic E-state index is 0.0910. The van der Waals surface area contributed by atoms with Crippen molar-refractivity contribution in [2.24, 2.45) is 0 Å². The molecule has 1 aromatic heterocycles. The summed E-state index contributed by atoms with van der Waals surface area (Å²) in [4.78, 5) is 11.2. The molecule has 0 aliphatic heterocycles. The van der Waals surface area contributed by atoms with Crippen molar-refractivity contribution in [3.05, 3.63) is 41.7 Å². The number of fused-ring (bicyclic) bond motifs is 3. The Labute approximate surface area is 99.9 Å². The van der Waals surface area contributed by atoms with Gasteiger partial charge in [-0.15, -0.1) is 0 Å². The first kappa shape index (κ1) is 10.3.